The van der Waals surface area contributed by atoms with Crippen molar-refractivity contribution >= 4 is 22.4 Å². The normalized spacial score (nSPS) is 22.0. The van der Waals surface area contributed by atoms with Crippen LogP contribution in [0.2, 0.25) is 0 Å². The number of nitrogens with one attached hydrogen (secondary N) is 1. The number of rotatable bonds is 5. The Balaban J connectivity index is 1.59. The molecular formula is C15H22N2O3S. The fraction of sp³-hybridized carbons (Fsp3) is 0.733. The Hall–Kier alpha value is -1.14. The Kier molecular flexibility index (Phi) is 4.75. The van der Waals surface area contributed by atoms with Crippen molar-refractivity contribution in [3.05, 3.63) is 10.6 Å². The van der Waals surface area contributed by atoms with Gasteiger partial charge in [-0.2, -0.15) is 0 Å². The van der Waals surface area contributed by atoms with Crippen molar-refractivity contribution in [2.75, 3.05) is 31.7 Å². The first-order valence-electron chi connectivity index (χ1n) is 7.75. The Morgan fingerprint density at radius 1 is 1.43 bits per heavy atom. The molecule has 1 saturated heterocycles. The third-order valence-electron chi connectivity index (χ3n) is 4.17. The van der Waals surface area contributed by atoms with Crippen LogP contribution in [0.4, 0.5) is 5.13 Å². The number of thiazole rings is 1. The first-order chi connectivity index (χ1) is 10.3. The van der Waals surface area contributed by atoms with Gasteiger partial charge in [-0.25, -0.2) is 4.98 Å². The second kappa shape index (κ2) is 6.75. The van der Waals surface area contributed by atoms with Crippen LogP contribution in [0.25, 0.3) is 0 Å². The lowest BCUT2D eigenvalue weighted by molar-refractivity contribution is -0.145. The summed E-state index contributed by atoms with van der Waals surface area (Å²) in [6, 6.07) is 0. The molecule has 1 fully saturated rings. The van der Waals surface area contributed by atoms with Gasteiger partial charge in [0.1, 0.15) is 5.92 Å². The van der Waals surface area contributed by atoms with Crippen LogP contribution in [0.15, 0.2) is 0 Å². The number of nitrogens with zero attached hydrogens (tertiary/aromatic N) is 1. The lowest BCUT2D eigenvalue weighted by atomic mass is 10.0. The molecule has 1 atom stereocenters. The fourth-order valence-electron chi connectivity index (χ4n) is 2.96. The van der Waals surface area contributed by atoms with Crippen molar-refractivity contribution in [1.82, 2.24) is 4.98 Å². The molecular weight excluding hydrogens is 288 g/mol. The van der Waals surface area contributed by atoms with Crippen molar-refractivity contribution in [3.63, 3.8) is 0 Å². The van der Waals surface area contributed by atoms with E-state index >= 15 is 0 Å². The maximum absolute atomic E-state index is 11.9. The summed E-state index contributed by atoms with van der Waals surface area (Å²) in [5.74, 6) is 0.380. The molecule has 1 aliphatic heterocycles. The van der Waals surface area contributed by atoms with Crippen LogP contribution < -0.4 is 5.32 Å². The number of hydrogen-bond donors (Lipinski definition) is 1. The summed E-state index contributed by atoms with van der Waals surface area (Å²) in [6.07, 6.45) is 4.01. The van der Waals surface area contributed by atoms with Crippen LogP contribution >= 0.6 is 11.3 Å². The highest BCUT2D eigenvalue weighted by Gasteiger charge is 2.33. The van der Waals surface area contributed by atoms with Gasteiger partial charge in [0.25, 0.3) is 0 Å². The van der Waals surface area contributed by atoms with Gasteiger partial charge in [-0.15, -0.1) is 11.3 Å². The number of ether oxygens (including phenoxy) is 2. The van der Waals surface area contributed by atoms with Gasteiger partial charge in [-0.1, -0.05) is 0 Å². The predicted octanol–water partition coefficient (Wildman–Crippen LogP) is 2.57. The van der Waals surface area contributed by atoms with Gasteiger partial charge < -0.3 is 14.8 Å². The molecule has 21 heavy (non-hydrogen) atoms. The van der Waals surface area contributed by atoms with E-state index < -0.39 is 0 Å². The maximum atomic E-state index is 11.9. The molecule has 2 heterocycles. The Morgan fingerprint density at radius 3 is 3.00 bits per heavy atom. The minimum atomic E-state index is -0.158. The van der Waals surface area contributed by atoms with E-state index in [1.165, 1.54) is 4.88 Å². The first kappa shape index (κ1) is 14.8. The minimum absolute atomic E-state index is 0.127. The standard InChI is InChI=1S/C15H22N2O3S/c1-2-20-14(18)11-3-4-12-13(11)17-15(21-12)16-9-10-5-7-19-8-6-10/h10-11H,2-9H2,1H3,(H,16,17). The van der Waals surface area contributed by atoms with E-state index in [-0.39, 0.29) is 11.9 Å². The molecule has 2 aliphatic rings. The second-order valence-electron chi connectivity index (χ2n) is 5.61. The molecule has 0 amide bonds. The van der Waals surface area contributed by atoms with Crippen LogP contribution in [0, 0.1) is 5.92 Å². The molecule has 0 radical (unpaired) electrons. The quantitative estimate of drug-likeness (QED) is 0.847. The molecule has 5 nitrogen and oxygen atoms in total. The minimum Gasteiger partial charge on any atom is -0.465 e. The van der Waals surface area contributed by atoms with Crippen molar-refractivity contribution in [2.45, 2.75) is 38.5 Å². The summed E-state index contributed by atoms with van der Waals surface area (Å²) in [4.78, 5) is 17.8. The van der Waals surface area contributed by atoms with Gasteiger partial charge in [0.05, 0.1) is 12.3 Å². The van der Waals surface area contributed by atoms with Gasteiger partial charge in [-0.05, 0) is 38.5 Å². The van der Waals surface area contributed by atoms with Crippen LogP contribution in [0.3, 0.4) is 0 Å². The topological polar surface area (TPSA) is 60.5 Å². The SMILES string of the molecule is CCOC(=O)C1CCc2sc(NCC3CCOCC3)nc21. The van der Waals surface area contributed by atoms with Crippen molar-refractivity contribution < 1.29 is 14.3 Å². The highest BCUT2D eigenvalue weighted by molar-refractivity contribution is 7.15. The number of fused-ring (bicyclic) bond motifs is 1. The zero-order chi connectivity index (χ0) is 14.7. The van der Waals surface area contributed by atoms with Crippen molar-refractivity contribution in [1.29, 1.82) is 0 Å². The zero-order valence-corrected chi connectivity index (χ0v) is 13.2. The van der Waals surface area contributed by atoms with Crippen molar-refractivity contribution in [2.24, 2.45) is 5.92 Å². The van der Waals surface area contributed by atoms with Gasteiger partial charge >= 0.3 is 5.97 Å². The number of carbonyl (C=O) groups excluding carboxylic acids is 1. The van der Waals surface area contributed by atoms with E-state index in [1.807, 2.05) is 6.92 Å². The van der Waals surface area contributed by atoms with E-state index in [9.17, 15) is 4.79 Å². The molecule has 0 saturated carbocycles. The maximum Gasteiger partial charge on any atom is 0.315 e. The smallest absolute Gasteiger partial charge is 0.315 e. The second-order valence-corrected chi connectivity index (χ2v) is 6.69. The molecule has 6 heteroatoms. The number of hydrogen-bond acceptors (Lipinski definition) is 6. The van der Waals surface area contributed by atoms with E-state index in [4.69, 9.17) is 9.47 Å². The van der Waals surface area contributed by atoms with Gasteiger partial charge in [0, 0.05) is 24.6 Å². The molecule has 1 aliphatic carbocycles. The molecule has 1 aromatic heterocycles. The number of aryl methyl sites for hydroxylation is 1. The van der Waals surface area contributed by atoms with Gasteiger partial charge in [0.2, 0.25) is 0 Å². The number of carbonyl (C=O) groups is 1. The zero-order valence-electron chi connectivity index (χ0n) is 12.4. The fourth-order valence-corrected chi connectivity index (χ4v) is 4.00. The average molecular weight is 310 g/mol. The highest BCUT2D eigenvalue weighted by Crippen LogP contribution is 2.39. The predicted molar refractivity (Wildman–Crippen MR) is 81.8 cm³/mol. The molecule has 1 unspecified atom stereocenters. The summed E-state index contributed by atoms with van der Waals surface area (Å²) < 4.78 is 10.5. The Morgan fingerprint density at radius 2 is 2.24 bits per heavy atom. The highest BCUT2D eigenvalue weighted by atomic mass is 32.1. The van der Waals surface area contributed by atoms with E-state index in [2.05, 4.69) is 10.3 Å². The summed E-state index contributed by atoms with van der Waals surface area (Å²) in [5.41, 5.74) is 0.938. The molecule has 1 aromatic rings. The van der Waals surface area contributed by atoms with Crippen LogP contribution in [-0.2, 0) is 20.7 Å². The molecule has 3 rings (SSSR count). The lowest BCUT2D eigenvalue weighted by Gasteiger charge is -2.21. The molecule has 0 aromatic carbocycles. The lowest BCUT2D eigenvalue weighted by Crippen LogP contribution is -2.22. The average Bonchev–Trinajstić information content (AvgIpc) is 3.06. The Bertz CT molecular complexity index is 497. The summed E-state index contributed by atoms with van der Waals surface area (Å²) in [7, 11) is 0. The molecule has 1 N–H and O–H groups in total. The van der Waals surface area contributed by atoms with Crippen LogP contribution in [0.1, 0.15) is 42.7 Å². The summed E-state index contributed by atoms with van der Waals surface area (Å²) >= 11 is 1.69. The molecule has 0 spiro atoms. The van der Waals surface area contributed by atoms with E-state index in [0.717, 1.165) is 56.3 Å². The van der Waals surface area contributed by atoms with Crippen LogP contribution in [-0.4, -0.2) is 37.3 Å². The largest absolute Gasteiger partial charge is 0.465 e. The summed E-state index contributed by atoms with van der Waals surface area (Å²) in [5, 5.41) is 4.38. The Labute approximate surface area is 129 Å². The van der Waals surface area contributed by atoms with Gasteiger partial charge in [0.15, 0.2) is 5.13 Å². The molecule has 0 bridgehead atoms. The van der Waals surface area contributed by atoms with Crippen molar-refractivity contribution in [3.8, 4) is 0 Å². The van der Waals surface area contributed by atoms with E-state index in [0.29, 0.717) is 12.5 Å². The third-order valence-corrected chi connectivity index (χ3v) is 5.26. The number of aromatic nitrogens is 1. The van der Waals surface area contributed by atoms with Gasteiger partial charge in [-0.3, -0.25) is 4.79 Å². The summed E-state index contributed by atoms with van der Waals surface area (Å²) in [6.45, 7) is 4.95. The number of esters is 1. The van der Waals surface area contributed by atoms with E-state index in [1.54, 1.807) is 11.3 Å². The third kappa shape index (κ3) is 3.37. The first-order valence-corrected chi connectivity index (χ1v) is 8.57. The molecule has 116 valence electrons. The number of anilines is 1. The monoisotopic (exact) mass is 310 g/mol. The van der Waals surface area contributed by atoms with Crippen LogP contribution in [0.5, 0.6) is 0 Å².